The molecular formula is C14H23F3N4O2. The van der Waals surface area contributed by atoms with Gasteiger partial charge in [0.15, 0.2) is 5.69 Å². The number of halogens is 3. The lowest BCUT2D eigenvalue weighted by molar-refractivity contribution is -0.141. The third-order valence-electron chi connectivity index (χ3n) is 2.52. The SMILES string of the molecule is CC(C)(N)Cn1nc(C(F)(F)F)cc1CNC(=O)OC(C)(C)C. The molecule has 0 unspecified atom stereocenters. The van der Waals surface area contributed by atoms with Crippen molar-refractivity contribution in [1.82, 2.24) is 15.1 Å². The van der Waals surface area contributed by atoms with Gasteiger partial charge in [0.2, 0.25) is 0 Å². The summed E-state index contributed by atoms with van der Waals surface area (Å²) in [7, 11) is 0. The van der Waals surface area contributed by atoms with E-state index in [2.05, 4.69) is 10.4 Å². The van der Waals surface area contributed by atoms with Gasteiger partial charge in [0.25, 0.3) is 0 Å². The van der Waals surface area contributed by atoms with Crippen molar-refractivity contribution < 1.29 is 22.7 Å². The summed E-state index contributed by atoms with van der Waals surface area (Å²) in [5, 5.41) is 5.96. The van der Waals surface area contributed by atoms with Crippen LogP contribution in [0.5, 0.6) is 0 Å². The highest BCUT2D eigenvalue weighted by Gasteiger charge is 2.35. The van der Waals surface area contributed by atoms with Crippen molar-refractivity contribution in [3.63, 3.8) is 0 Å². The minimum absolute atomic E-state index is 0.0778. The molecule has 0 aliphatic rings. The standard InChI is InChI=1S/C14H23F3N4O2/c1-12(2,3)23-11(22)19-7-9-6-10(14(15,16)17)20-21(9)8-13(4,5)18/h6H,7-8,18H2,1-5H3,(H,19,22). The van der Waals surface area contributed by atoms with Gasteiger partial charge in [0, 0.05) is 5.54 Å². The predicted molar refractivity (Wildman–Crippen MR) is 78.6 cm³/mol. The van der Waals surface area contributed by atoms with E-state index < -0.39 is 29.1 Å². The largest absolute Gasteiger partial charge is 0.444 e. The maximum atomic E-state index is 12.8. The monoisotopic (exact) mass is 336 g/mol. The maximum Gasteiger partial charge on any atom is 0.435 e. The van der Waals surface area contributed by atoms with E-state index in [0.717, 1.165) is 10.7 Å². The molecule has 0 saturated heterocycles. The molecule has 0 aromatic carbocycles. The zero-order chi connectivity index (χ0) is 18.1. The molecule has 9 heteroatoms. The number of nitrogens with two attached hydrogens (primary N) is 1. The van der Waals surface area contributed by atoms with Crippen LogP contribution in [0.15, 0.2) is 6.07 Å². The molecule has 0 bridgehead atoms. The molecule has 0 fully saturated rings. The molecular weight excluding hydrogens is 313 g/mol. The Hall–Kier alpha value is -1.77. The Kier molecular flexibility index (Phi) is 5.35. The number of alkyl carbamates (subject to hydrolysis) is 1. The highest BCUT2D eigenvalue weighted by molar-refractivity contribution is 5.67. The Morgan fingerprint density at radius 3 is 2.30 bits per heavy atom. The Morgan fingerprint density at radius 1 is 1.30 bits per heavy atom. The van der Waals surface area contributed by atoms with Gasteiger partial charge in [-0.25, -0.2) is 4.79 Å². The molecule has 1 heterocycles. The van der Waals surface area contributed by atoms with Gasteiger partial charge in [-0.2, -0.15) is 18.3 Å². The molecule has 0 aliphatic carbocycles. The second-order valence-electron chi connectivity index (χ2n) is 7.02. The van der Waals surface area contributed by atoms with Crippen molar-refractivity contribution in [2.75, 3.05) is 0 Å². The first-order valence-corrected chi connectivity index (χ1v) is 7.07. The number of rotatable bonds is 4. The van der Waals surface area contributed by atoms with Crippen LogP contribution in [0.1, 0.15) is 46.0 Å². The van der Waals surface area contributed by atoms with Gasteiger partial charge < -0.3 is 15.8 Å². The zero-order valence-electron chi connectivity index (χ0n) is 13.9. The fourth-order valence-corrected chi connectivity index (χ4v) is 1.74. The lowest BCUT2D eigenvalue weighted by Crippen LogP contribution is -2.38. The summed E-state index contributed by atoms with van der Waals surface area (Å²) in [5.74, 6) is 0. The average Bonchev–Trinajstić information content (AvgIpc) is 2.64. The van der Waals surface area contributed by atoms with Crippen LogP contribution in [0.2, 0.25) is 0 Å². The molecule has 0 atom stereocenters. The smallest absolute Gasteiger partial charge is 0.435 e. The second kappa shape index (κ2) is 6.38. The Labute approximate surface area is 133 Å². The van der Waals surface area contributed by atoms with E-state index in [1.165, 1.54) is 0 Å². The van der Waals surface area contributed by atoms with E-state index in [4.69, 9.17) is 10.5 Å². The van der Waals surface area contributed by atoms with E-state index in [1.807, 2.05) is 0 Å². The highest BCUT2D eigenvalue weighted by Crippen LogP contribution is 2.29. The van der Waals surface area contributed by atoms with E-state index in [1.54, 1.807) is 34.6 Å². The summed E-state index contributed by atoms with van der Waals surface area (Å²) >= 11 is 0. The molecule has 0 aliphatic heterocycles. The van der Waals surface area contributed by atoms with Crippen LogP contribution < -0.4 is 11.1 Å². The third kappa shape index (κ3) is 6.89. The molecule has 23 heavy (non-hydrogen) atoms. The van der Waals surface area contributed by atoms with Crippen LogP contribution in [0.3, 0.4) is 0 Å². The average molecular weight is 336 g/mol. The van der Waals surface area contributed by atoms with Gasteiger partial charge in [0.05, 0.1) is 18.8 Å². The molecule has 132 valence electrons. The van der Waals surface area contributed by atoms with Crippen LogP contribution in [0, 0.1) is 0 Å². The molecule has 6 nitrogen and oxygen atoms in total. The lowest BCUT2D eigenvalue weighted by atomic mass is 10.1. The number of alkyl halides is 3. The normalized spacial score (nSPS) is 13.1. The molecule has 0 radical (unpaired) electrons. The minimum Gasteiger partial charge on any atom is -0.444 e. The fourth-order valence-electron chi connectivity index (χ4n) is 1.74. The van der Waals surface area contributed by atoms with Gasteiger partial charge >= 0.3 is 12.3 Å². The number of carbonyl (C=O) groups is 1. The first kappa shape index (κ1) is 19.3. The number of nitrogens with zero attached hydrogens (tertiary/aromatic N) is 2. The van der Waals surface area contributed by atoms with Crippen LogP contribution in [-0.2, 0) is 24.0 Å². The summed E-state index contributed by atoms with van der Waals surface area (Å²) in [6, 6.07) is 0.892. The maximum absolute atomic E-state index is 12.8. The number of amides is 1. The van der Waals surface area contributed by atoms with Crippen LogP contribution in [0.25, 0.3) is 0 Å². The van der Waals surface area contributed by atoms with E-state index in [0.29, 0.717) is 0 Å². The van der Waals surface area contributed by atoms with Gasteiger partial charge in [-0.05, 0) is 40.7 Å². The van der Waals surface area contributed by atoms with Crippen molar-refractivity contribution in [2.24, 2.45) is 5.73 Å². The van der Waals surface area contributed by atoms with Crippen LogP contribution in [0.4, 0.5) is 18.0 Å². The number of carbonyl (C=O) groups excluding carboxylic acids is 1. The van der Waals surface area contributed by atoms with E-state index in [-0.39, 0.29) is 18.8 Å². The van der Waals surface area contributed by atoms with Gasteiger partial charge in [0.1, 0.15) is 5.60 Å². The first-order valence-electron chi connectivity index (χ1n) is 7.07. The third-order valence-corrected chi connectivity index (χ3v) is 2.52. The Bertz CT molecular complexity index is 554. The van der Waals surface area contributed by atoms with Crippen molar-refractivity contribution in [3.8, 4) is 0 Å². The fraction of sp³-hybridized carbons (Fsp3) is 0.714. The number of aromatic nitrogens is 2. The van der Waals surface area contributed by atoms with Gasteiger partial charge in [-0.3, -0.25) is 4.68 Å². The summed E-state index contributed by atoms with van der Waals surface area (Å²) in [4.78, 5) is 11.6. The number of hydrogen-bond donors (Lipinski definition) is 2. The van der Waals surface area contributed by atoms with E-state index >= 15 is 0 Å². The number of nitrogens with one attached hydrogen (secondary N) is 1. The van der Waals surface area contributed by atoms with Crippen LogP contribution in [-0.4, -0.2) is 27.0 Å². The molecule has 0 spiro atoms. The molecule has 0 saturated carbocycles. The molecule has 1 aromatic heterocycles. The van der Waals surface area contributed by atoms with Gasteiger partial charge in [-0.15, -0.1) is 0 Å². The molecule has 1 amide bonds. The number of ether oxygens (including phenoxy) is 1. The lowest BCUT2D eigenvalue weighted by Gasteiger charge is -2.21. The highest BCUT2D eigenvalue weighted by atomic mass is 19.4. The second-order valence-corrected chi connectivity index (χ2v) is 7.02. The van der Waals surface area contributed by atoms with E-state index in [9.17, 15) is 18.0 Å². The van der Waals surface area contributed by atoms with Crippen molar-refractivity contribution in [3.05, 3.63) is 17.5 Å². The first-order chi connectivity index (χ1) is 10.2. The molecule has 1 aromatic rings. The number of hydrogen-bond acceptors (Lipinski definition) is 4. The quantitative estimate of drug-likeness (QED) is 0.885. The summed E-state index contributed by atoms with van der Waals surface area (Å²) < 4.78 is 44.6. The zero-order valence-corrected chi connectivity index (χ0v) is 13.9. The summed E-state index contributed by atoms with van der Waals surface area (Å²) in [6.45, 7) is 8.35. The topological polar surface area (TPSA) is 82.2 Å². The predicted octanol–water partition coefficient (Wildman–Crippen LogP) is 2.66. The minimum atomic E-state index is -4.56. The summed E-state index contributed by atoms with van der Waals surface area (Å²) in [5.41, 5.74) is 3.56. The molecule has 1 rings (SSSR count). The molecule has 3 N–H and O–H groups in total. The van der Waals surface area contributed by atoms with Crippen LogP contribution >= 0.6 is 0 Å². The van der Waals surface area contributed by atoms with Crippen molar-refractivity contribution in [2.45, 2.75) is 65.0 Å². The summed E-state index contributed by atoms with van der Waals surface area (Å²) in [6.07, 6.45) is -5.28. The Morgan fingerprint density at radius 2 is 1.87 bits per heavy atom. The van der Waals surface area contributed by atoms with Crippen molar-refractivity contribution in [1.29, 1.82) is 0 Å². The van der Waals surface area contributed by atoms with Gasteiger partial charge in [-0.1, -0.05) is 0 Å². The van der Waals surface area contributed by atoms with Crippen molar-refractivity contribution >= 4 is 6.09 Å². The Balaban J connectivity index is 2.91.